The predicted molar refractivity (Wildman–Crippen MR) is 104 cm³/mol. The third-order valence-electron chi connectivity index (χ3n) is 3.70. The molecule has 0 aliphatic rings. The van der Waals surface area contributed by atoms with Crippen molar-refractivity contribution < 1.29 is 9.53 Å². The SMILES string of the molecule is COCCNC(=O)c1cc(-c2ccccc2I)nc2ccccc12. The highest BCUT2D eigenvalue weighted by atomic mass is 127. The molecule has 0 saturated heterocycles. The average Bonchev–Trinajstić information content (AvgIpc) is 2.61. The highest BCUT2D eigenvalue weighted by Crippen LogP contribution is 2.28. The van der Waals surface area contributed by atoms with Crippen LogP contribution >= 0.6 is 22.6 Å². The summed E-state index contributed by atoms with van der Waals surface area (Å²) in [5.74, 6) is -0.113. The average molecular weight is 432 g/mol. The van der Waals surface area contributed by atoms with Crippen molar-refractivity contribution in [1.29, 1.82) is 0 Å². The molecule has 122 valence electrons. The Morgan fingerprint density at radius 3 is 2.71 bits per heavy atom. The molecule has 0 radical (unpaired) electrons. The molecule has 1 N–H and O–H groups in total. The second-order valence-corrected chi connectivity index (χ2v) is 6.46. The summed E-state index contributed by atoms with van der Waals surface area (Å²) < 4.78 is 6.10. The minimum atomic E-state index is -0.113. The number of nitrogens with one attached hydrogen (secondary N) is 1. The molecule has 0 spiro atoms. The minimum absolute atomic E-state index is 0.113. The van der Waals surface area contributed by atoms with Gasteiger partial charge in [-0.15, -0.1) is 0 Å². The first kappa shape index (κ1) is 16.9. The Hall–Kier alpha value is -1.99. The van der Waals surface area contributed by atoms with Crippen LogP contribution in [0, 0.1) is 3.57 Å². The molecule has 4 nitrogen and oxygen atoms in total. The summed E-state index contributed by atoms with van der Waals surface area (Å²) in [6.45, 7) is 0.961. The first-order valence-electron chi connectivity index (χ1n) is 7.62. The molecule has 3 rings (SSSR count). The summed E-state index contributed by atoms with van der Waals surface area (Å²) in [7, 11) is 1.61. The maximum Gasteiger partial charge on any atom is 0.252 e. The second kappa shape index (κ2) is 7.72. The molecule has 0 unspecified atom stereocenters. The van der Waals surface area contributed by atoms with Crippen molar-refractivity contribution in [2.24, 2.45) is 0 Å². The quantitative estimate of drug-likeness (QED) is 0.492. The zero-order valence-electron chi connectivity index (χ0n) is 13.3. The lowest BCUT2D eigenvalue weighted by molar-refractivity contribution is 0.0938. The number of pyridine rings is 1. The smallest absolute Gasteiger partial charge is 0.252 e. The van der Waals surface area contributed by atoms with Crippen LogP contribution in [0.1, 0.15) is 10.4 Å². The van der Waals surface area contributed by atoms with Gasteiger partial charge in [-0.25, -0.2) is 4.98 Å². The van der Waals surface area contributed by atoms with E-state index in [2.05, 4.69) is 27.9 Å². The van der Waals surface area contributed by atoms with Gasteiger partial charge in [-0.1, -0.05) is 36.4 Å². The fraction of sp³-hybridized carbons (Fsp3) is 0.158. The van der Waals surface area contributed by atoms with Crippen molar-refractivity contribution in [2.45, 2.75) is 0 Å². The molecule has 0 saturated carbocycles. The number of fused-ring (bicyclic) bond motifs is 1. The predicted octanol–water partition coefficient (Wildman–Crippen LogP) is 3.88. The monoisotopic (exact) mass is 432 g/mol. The summed E-state index contributed by atoms with van der Waals surface area (Å²) in [4.78, 5) is 17.3. The van der Waals surface area contributed by atoms with Crippen molar-refractivity contribution in [3.63, 3.8) is 0 Å². The van der Waals surface area contributed by atoms with Crippen molar-refractivity contribution in [1.82, 2.24) is 10.3 Å². The molecule has 0 aliphatic carbocycles. The third kappa shape index (κ3) is 3.57. The molecule has 0 aliphatic heterocycles. The number of hydrogen-bond acceptors (Lipinski definition) is 3. The maximum absolute atomic E-state index is 12.6. The largest absolute Gasteiger partial charge is 0.383 e. The number of hydrogen-bond donors (Lipinski definition) is 1. The number of methoxy groups -OCH3 is 1. The van der Waals surface area contributed by atoms with Crippen LogP contribution in [-0.2, 0) is 4.74 Å². The molecule has 0 fully saturated rings. The number of rotatable bonds is 5. The van der Waals surface area contributed by atoms with Crippen molar-refractivity contribution >= 4 is 39.4 Å². The Balaban J connectivity index is 2.10. The molecule has 1 aromatic heterocycles. The van der Waals surface area contributed by atoms with Crippen LogP contribution in [0.25, 0.3) is 22.2 Å². The Kier molecular flexibility index (Phi) is 5.42. The van der Waals surface area contributed by atoms with Crippen molar-refractivity contribution in [3.8, 4) is 11.3 Å². The van der Waals surface area contributed by atoms with Gasteiger partial charge in [-0.05, 0) is 40.8 Å². The van der Waals surface area contributed by atoms with Crippen LogP contribution in [-0.4, -0.2) is 31.2 Å². The first-order chi connectivity index (χ1) is 11.7. The summed E-state index contributed by atoms with van der Waals surface area (Å²) in [6, 6.07) is 17.6. The number of nitrogens with zero attached hydrogens (tertiary/aromatic N) is 1. The number of halogens is 1. The minimum Gasteiger partial charge on any atom is -0.383 e. The van der Waals surface area contributed by atoms with Crippen LogP contribution in [0.2, 0.25) is 0 Å². The van der Waals surface area contributed by atoms with Gasteiger partial charge < -0.3 is 10.1 Å². The lowest BCUT2D eigenvalue weighted by atomic mass is 10.0. The number of carbonyl (C=O) groups excluding carboxylic acids is 1. The molecule has 24 heavy (non-hydrogen) atoms. The van der Waals surface area contributed by atoms with Crippen molar-refractivity contribution in [3.05, 3.63) is 63.7 Å². The van der Waals surface area contributed by atoms with Crippen LogP contribution in [0.5, 0.6) is 0 Å². The maximum atomic E-state index is 12.6. The Bertz CT molecular complexity index is 880. The van der Waals surface area contributed by atoms with E-state index in [1.807, 2.05) is 54.6 Å². The van der Waals surface area contributed by atoms with Gasteiger partial charge in [0.15, 0.2) is 0 Å². The molecule has 5 heteroatoms. The second-order valence-electron chi connectivity index (χ2n) is 5.30. The molecule has 1 heterocycles. The van der Waals surface area contributed by atoms with Crippen LogP contribution in [0.4, 0.5) is 0 Å². The lowest BCUT2D eigenvalue weighted by Gasteiger charge is -2.11. The normalized spacial score (nSPS) is 10.8. The van der Waals surface area contributed by atoms with Gasteiger partial charge in [0.05, 0.1) is 23.4 Å². The van der Waals surface area contributed by atoms with E-state index in [4.69, 9.17) is 9.72 Å². The molecular formula is C19H17IN2O2. The van der Waals surface area contributed by atoms with E-state index < -0.39 is 0 Å². The Morgan fingerprint density at radius 1 is 1.17 bits per heavy atom. The lowest BCUT2D eigenvalue weighted by Crippen LogP contribution is -2.27. The van der Waals surface area contributed by atoms with Crippen LogP contribution < -0.4 is 5.32 Å². The van der Waals surface area contributed by atoms with E-state index in [0.29, 0.717) is 18.7 Å². The van der Waals surface area contributed by atoms with E-state index in [1.54, 1.807) is 7.11 Å². The fourth-order valence-corrected chi connectivity index (χ4v) is 3.20. The number of para-hydroxylation sites is 1. The van der Waals surface area contributed by atoms with Gasteiger partial charge in [0.1, 0.15) is 0 Å². The van der Waals surface area contributed by atoms with Crippen LogP contribution in [0.3, 0.4) is 0 Å². The van der Waals surface area contributed by atoms with Crippen LogP contribution in [0.15, 0.2) is 54.6 Å². The van der Waals surface area contributed by atoms with Gasteiger partial charge in [0.25, 0.3) is 5.91 Å². The van der Waals surface area contributed by atoms with E-state index in [-0.39, 0.29) is 5.91 Å². The van der Waals surface area contributed by atoms with Gasteiger partial charge in [-0.2, -0.15) is 0 Å². The summed E-state index contributed by atoms with van der Waals surface area (Å²) in [5.41, 5.74) is 3.27. The van der Waals surface area contributed by atoms with E-state index >= 15 is 0 Å². The molecule has 0 bridgehead atoms. The molecule has 0 atom stereocenters. The standard InChI is InChI=1S/C19H17IN2O2/c1-24-11-10-21-19(23)15-12-18(14-7-2-4-8-16(14)20)22-17-9-5-3-6-13(15)17/h2-9,12H,10-11H2,1H3,(H,21,23). The van der Waals surface area contributed by atoms with Gasteiger partial charge >= 0.3 is 0 Å². The fourth-order valence-electron chi connectivity index (χ4n) is 2.53. The number of ether oxygens (including phenoxy) is 1. The third-order valence-corrected chi connectivity index (χ3v) is 4.64. The first-order valence-corrected chi connectivity index (χ1v) is 8.70. The zero-order chi connectivity index (χ0) is 16.9. The topological polar surface area (TPSA) is 51.2 Å². The number of amides is 1. The summed E-state index contributed by atoms with van der Waals surface area (Å²) >= 11 is 2.29. The van der Waals surface area contributed by atoms with Gasteiger partial charge in [-0.3, -0.25) is 4.79 Å². The Labute approximate surface area is 154 Å². The Morgan fingerprint density at radius 2 is 1.92 bits per heavy atom. The number of aromatic nitrogens is 1. The molecule has 1 amide bonds. The summed E-state index contributed by atoms with van der Waals surface area (Å²) in [5, 5.41) is 3.74. The number of benzene rings is 2. The van der Waals surface area contributed by atoms with Gasteiger partial charge in [0, 0.05) is 28.2 Å². The molecule has 2 aromatic carbocycles. The van der Waals surface area contributed by atoms with Gasteiger partial charge in [0.2, 0.25) is 0 Å². The summed E-state index contributed by atoms with van der Waals surface area (Å²) in [6.07, 6.45) is 0. The highest BCUT2D eigenvalue weighted by molar-refractivity contribution is 14.1. The highest BCUT2D eigenvalue weighted by Gasteiger charge is 2.14. The van der Waals surface area contributed by atoms with E-state index in [0.717, 1.165) is 25.7 Å². The molecule has 3 aromatic rings. The molecular weight excluding hydrogens is 415 g/mol. The number of carbonyl (C=O) groups is 1. The van der Waals surface area contributed by atoms with E-state index in [9.17, 15) is 4.79 Å². The zero-order valence-corrected chi connectivity index (χ0v) is 15.4. The van der Waals surface area contributed by atoms with Crippen molar-refractivity contribution in [2.75, 3.05) is 20.3 Å². The van der Waals surface area contributed by atoms with E-state index in [1.165, 1.54) is 0 Å².